The maximum absolute atomic E-state index is 15.4. The standard InChI is InChI=1S/C48H51FN12O3/c49-39-22-35(56-40-10-12-43(62)58-47(40)63)4-9-38(39)30-13-18-59(19-14-30)36-5-7-37(8-6-36)61-28-34(26-55-61)41-27-54-44(33(23-50)24-51)45(57-41)31-3-11-42(53-25-31)60-20-15-48(16-21-60)46-32(29-64-48)2-1-17-52-46/h1-4,9,11,17,22-23,25-28,30,36-37,40,56H,5-8,10,12-16,18-21,29,50H2,(H,58,62,63). The lowest BCUT2D eigenvalue weighted by Gasteiger charge is -2.41. The summed E-state index contributed by atoms with van der Waals surface area (Å²) in [5.41, 5.74) is 12.4. The second-order valence-electron chi connectivity index (χ2n) is 17.7. The van der Waals surface area contributed by atoms with E-state index in [0.717, 1.165) is 106 Å². The van der Waals surface area contributed by atoms with Crippen LogP contribution in [0.1, 0.15) is 98.7 Å². The number of pyridine rings is 2. The number of nitrogens with two attached hydrogens (primary N) is 1. The molecule has 1 saturated carbocycles. The SMILES string of the molecule is N#CC(=CN)c1ncc(-c2cnn(C3CCC(N4CCC(c5ccc(NC6CCC(=O)NC6=O)cc5F)CC4)CC3)c2)nc1-c1ccc(N2CCC3(CC2)OCc2cccnc23)nc1. The number of fused-ring (bicyclic) bond motifs is 2. The Balaban J connectivity index is 0.754. The molecule has 2 amide bonds. The Bertz CT molecular complexity index is 2620. The quantitative estimate of drug-likeness (QED) is 0.110. The minimum absolute atomic E-state index is 0.142. The number of hydrogen-bond donors (Lipinski definition) is 3. The van der Waals surface area contributed by atoms with Crippen molar-refractivity contribution in [2.45, 2.75) is 100 Å². The number of anilines is 2. The van der Waals surface area contributed by atoms with Crippen molar-refractivity contribution in [3.63, 3.8) is 0 Å². The molecule has 1 atom stereocenters. The van der Waals surface area contributed by atoms with Gasteiger partial charge in [0, 0.05) is 72.7 Å². The lowest BCUT2D eigenvalue weighted by atomic mass is 9.85. The number of carbonyl (C=O) groups is 2. The van der Waals surface area contributed by atoms with Crippen LogP contribution in [0, 0.1) is 17.1 Å². The van der Waals surface area contributed by atoms with Crippen LogP contribution < -0.4 is 21.3 Å². The van der Waals surface area contributed by atoms with E-state index < -0.39 is 6.04 Å². The van der Waals surface area contributed by atoms with Gasteiger partial charge in [0.2, 0.25) is 11.8 Å². The number of ether oxygens (including phenoxy) is 1. The van der Waals surface area contributed by atoms with E-state index >= 15 is 4.39 Å². The maximum atomic E-state index is 15.4. The van der Waals surface area contributed by atoms with Crippen LogP contribution in [-0.2, 0) is 26.5 Å². The largest absolute Gasteiger partial charge is 0.403 e. The molecular formula is C48H51FN12O3. The van der Waals surface area contributed by atoms with E-state index in [-0.39, 0.29) is 47.2 Å². The first-order chi connectivity index (χ1) is 31.3. The van der Waals surface area contributed by atoms with Gasteiger partial charge in [-0.2, -0.15) is 10.4 Å². The summed E-state index contributed by atoms with van der Waals surface area (Å²) >= 11 is 0. The van der Waals surface area contributed by atoms with Crippen LogP contribution >= 0.6 is 0 Å². The molecule has 16 heteroatoms. The van der Waals surface area contributed by atoms with Crippen molar-refractivity contribution in [1.29, 1.82) is 5.26 Å². The second kappa shape index (κ2) is 17.5. The molecule has 0 bridgehead atoms. The molecule has 4 fully saturated rings. The number of nitrogens with one attached hydrogen (secondary N) is 2. The van der Waals surface area contributed by atoms with Crippen molar-refractivity contribution in [3.8, 4) is 28.6 Å². The van der Waals surface area contributed by atoms with Crippen LogP contribution in [0.4, 0.5) is 15.9 Å². The molecule has 4 N–H and O–H groups in total. The summed E-state index contributed by atoms with van der Waals surface area (Å²) in [7, 11) is 0. The monoisotopic (exact) mass is 862 g/mol. The summed E-state index contributed by atoms with van der Waals surface area (Å²) in [6.07, 6.45) is 18.6. The Morgan fingerprint density at radius 2 is 1.75 bits per heavy atom. The van der Waals surface area contributed by atoms with Crippen LogP contribution in [0.2, 0.25) is 0 Å². The predicted molar refractivity (Wildman–Crippen MR) is 237 cm³/mol. The fourth-order valence-corrected chi connectivity index (χ4v) is 10.5. The third-order valence-corrected chi connectivity index (χ3v) is 14.1. The van der Waals surface area contributed by atoms with E-state index in [9.17, 15) is 14.9 Å². The van der Waals surface area contributed by atoms with Crippen molar-refractivity contribution in [2.24, 2.45) is 5.73 Å². The first-order valence-corrected chi connectivity index (χ1v) is 22.4. The minimum Gasteiger partial charge on any atom is -0.403 e. The highest BCUT2D eigenvalue weighted by Crippen LogP contribution is 2.44. The highest BCUT2D eigenvalue weighted by molar-refractivity contribution is 6.01. The number of carbonyl (C=O) groups excluding carboxylic acids is 2. The number of piperidine rings is 3. The zero-order valence-electron chi connectivity index (χ0n) is 35.6. The molecule has 1 aliphatic carbocycles. The number of hydrogen-bond acceptors (Lipinski definition) is 13. The third kappa shape index (κ3) is 8.10. The van der Waals surface area contributed by atoms with E-state index in [4.69, 9.17) is 30.5 Å². The number of aromatic nitrogens is 6. The molecule has 328 valence electrons. The normalized spacial score (nSPS) is 22.8. The molecule has 1 aromatic carbocycles. The molecule has 0 radical (unpaired) electrons. The number of imide groups is 1. The zero-order valence-corrected chi connectivity index (χ0v) is 35.6. The van der Waals surface area contributed by atoms with E-state index in [2.05, 4.69) is 42.2 Å². The molecule has 3 saturated heterocycles. The lowest BCUT2D eigenvalue weighted by molar-refractivity contribution is -0.133. The van der Waals surface area contributed by atoms with Crippen LogP contribution in [-0.4, -0.2) is 84.7 Å². The van der Waals surface area contributed by atoms with E-state index in [0.29, 0.717) is 41.8 Å². The fourth-order valence-electron chi connectivity index (χ4n) is 10.5. The van der Waals surface area contributed by atoms with Crippen molar-refractivity contribution in [2.75, 3.05) is 36.4 Å². The number of nitrogens with zero attached hydrogens (tertiary/aromatic N) is 9. The van der Waals surface area contributed by atoms with Crippen molar-refractivity contribution < 1.29 is 18.7 Å². The Kier molecular flexibility index (Phi) is 11.4. The van der Waals surface area contributed by atoms with E-state index in [1.165, 1.54) is 17.8 Å². The summed E-state index contributed by atoms with van der Waals surface area (Å²) in [6, 6.07) is 15.5. The van der Waals surface area contributed by atoms with Gasteiger partial charge in [-0.1, -0.05) is 12.1 Å². The second-order valence-corrected chi connectivity index (χ2v) is 17.7. The van der Waals surface area contributed by atoms with Crippen LogP contribution in [0.25, 0.3) is 28.1 Å². The Morgan fingerprint density at radius 3 is 2.48 bits per heavy atom. The number of benzene rings is 1. The van der Waals surface area contributed by atoms with E-state index in [1.54, 1.807) is 12.4 Å². The molecule has 4 aromatic heterocycles. The van der Waals surface area contributed by atoms with E-state index in [1.807, 2.05) is 48.9 Å². The van der Waals surface area contributed by atoms with Crippen LogP contribution in [0.5, 0.6) is 0 Å². The molecule has 1 unspecified atom stereocenters. The lowest BCUT2D eigenvalue weighted by Crippen LogP contribution is -2.47. The average molecular weight is 863 g/mol. The van der Waals surface area contributed by atoms with Crippen molar-refractivity contribution in [1.82, 2.24) is 39.9 Å². The van der Waals surface area contributed by atoms with Gasteiger partial charge in [0.25, 0.3) is 0 Å². The molecule has 1 spiro atoms. The third-order valence-electron chi connectivity index (χ3n) is 14.1. The molecule has 64 heavy (non-hydrogen) atoms. The number of nitriles is 1. The van der Waals surface area contributed by atoms with Crippen molar-refractivity contribution in [3.05, 3.63) is 108 Å². The molecule has 8 heterocycles. The van der Waals surface area contributed by atoms with Gasteiger partial charge in [0.05, 0.1) is 47.7 Å². The fraction of sp³-hybridized carbons (Fsp3) is 0.417. The maximum Gasteiger partial charge on any atom is 0.249 e. The van der Waals surface area contributed by atoms with Gasteiger partial charge in [-0.25, -0.2) is 14.4 Å². The number of allylic oxidation sites excluding steroid dienone is 1. The summed E-state index contributed by atoms with van der Waals surface area (Å²) in [4.78, 5) is 47.8. The number of likely N-dealkylation sites (tertiary alicyclic amines) is 1. The first kappa shape index (κ1) is 41.4. The number of amides is 2. The summed E-state index contributed by atoms with van der Waals surface area (Å²) in [5.74, 6) is 0.0963. The topological polar surface area (TPSA) is 193 Å². The van der Waals surface area contributed by atoms with Crippen LogP contribution in [0.3, 0.4) is 0 Å². The van der Waals surface area contributed by atoms with Gasteiger partial charge in [0.15, 0.2) is 0 Å². The highest BCUT2D eigenvalue weighted by atomic mass is 19.1. The summed E-state index contributed by atoms with van der Waals surface area (Å²) < 4.78 is 23.8. The molecule has 5 aliphatic rings. The Labute approximate surface area is 371 Å². The number of rotatable bonds is 9. The van der Waals surface area contributed by atoms with Gasteiger partial charge in [0.1, 0.15) is 35.0 Å². The summed E-state index contributed by atoms with van der Waals surface area (Å²) in [6.45, 7) is 4.02. The van der Waals surface area contributed by atoms with Gasteiger partial charge in [-0.3, -0.25) is 29.6 Å². The Hall–Kier alpha value is -6.57. The zero-order chi connectivity index (χ0) is 43.8. The van der Waals surface area contributed by atoms with Crippen LogP contribution in [0.15, 0.2) is 79.6 Å². The van der Waals surface area contributed by atoms with Crippen molar-refractivity contribution >= 4 is 28.9 Å². The Morgan fingerprint density at radius 1 is 0.938 bits per heavy atom. The number of halogens is 1. The molecule has 4 aliphatic heterocycles. The average Bonchev–Trinajstić information content (AvgIpc) is 3.97. The smallest absolute Gasteiger partial charge is 0.249 e. The molecule has 10 rings (SSSR count). The minimum atomic E-state index is -0.547. The van der Waals surface area contributed by atoms with Gasteiger partial charge in [-0.15, -0.1) is 0 Å². The predicted octanol–water partition coefficient (Wildman–Crippen LogP) is 6.37. The highest BCUT2D eigenvalue weighted by Gasteiger charge is 2.44. The molecular weight excluding hydrogens is 812 g/mol. The van der Waals surface area contributed by atoms with Gasteiger partial charge < -0.3 is 25.6 Å². The molecule has 5 aromatic rings. The first-order valence-electron chi connectivity index (χ1n) is 22.4. The molecule has 15 nitrogen and oxygen atoms in total. The van der Waals surface area contributed by atoms with Gasteiger partial charge in [-0.05, 0) is 113 Å². The van der Waals surface area contributed by atoms with Gasteiger partial charge >= 0.3 is 0 Å². The summed E-state index contributed by atoms with van der Waals surface area (Å²) in [5, 5.41) is 20.1.